The van der Waals surface area contributed by atoms with E-state index in [1.54, 1.807) is 12.1 Å². The third-order valence-electron chi connectivity index (χ3n) is 3.12. The smallest absolute Gasteiger partial charge is 0.138 e. The third kappa shape index (κ3) is 6.09. The molecule has 0 aromatic heterocycles. The van der Waals surface area contributed by atoms with Gasteiger partial charge in [-0.3, -0.25) is 0 Å². The fraction of sp³-hybridized carbons (Fsp3) is 0.600. The Morgan fingerprint density at radius 2 is 2.15 bits per heavy atom. The van der Waals surface area contributed by atoms with E-state index in [1.807, 2.05) is 12.1 Å². The van der Waals surface area contributed by atoms with Crippen molar-refractivity contribution in [2.24, 2.45) is 5.92 Å². The highest BCUT2D eigenvalue weighted by molar-refractivity contribution is 6.32. The van der Waals surface area contributed by atoms with E-state index in [1.165, 1.54) is 12.8 Å². The molecule has 0 saturated heterocycles. The predicted octanol–water partition coefficient (Wildman–Crippen LogP) is 2.10. The second-order valence-electron chi connectivity index (χ2n) is 5.12. The highest BCUT2D eigenvalue weighted by Crippen LogP contribution is 2.28. The molecule has 2 rings (SSSR count). The van der Waals surface area contributed by atoms with E-state index in [0.717, 1.165) is 19.1 Å². The topological polar surface area (TPSA) is 50.7 Å². The molecule has 5 heteroatoms. The molecule has 0 aliphatic heterocycles. The number of hydrogen-bond acceptors (Lipinski definition) is 4. The van der Waals surface area contributed by atoms with Crippen LogP contribution in [0, 0.1) is 5.92 Å². The minimum absolute atomic E-state index is 0.222. The van der Waals surface area contributed by atoms with Crippen LogP contribution in [0.2, 0.25) is 5.02 Å². The van der Waals surface area contributed by atoms with Gasteiger partial charge in [0.2, 0.25) is 0 Å². The summed E-state index contributed by atoms with van der Waals surface area (Å²) >= 11 is 5.96. The Morgan fingerprint density at radius 1 is 1.35 bits per heavy atom. The van der Waals surface area contributed by atoms with Crippen LogP contribution in [-0.4, -0.2) is 44.1 Å². The summed E-state index contributed by atoms with van der Waals surface area (Å²) in [6, 6.07) is 7.24. The van der Waals surface area contributed by atoms with Gasteiger partial charge >= 0.3 is 0 Å². The van der Waals surface area contributed by atoms with E-state index in [9.17, 15) is 5.11 Å². The highest BCUT2D eigenvalue weighted by Gasteiger charge is 2.20. The molecular weight excluding hydrogens is 278 g/mol. The zero-order valence-electron chi connectivity index (χ0n) is 11.6. The maximum atomic E-state index is 9.78. The van der Waals surface area contributed by atoms with Crippen LogP contribution in [-0.2, 0) is 4.74 Å². The van der Waals surface area contributed by atoms with Crippen molar-refractivity contribution in [3.05, 3.63) is 29.3 Å². The lowest BCUT2D eigenvalue weighted by molar-refractivity contribution is 0.0968. The van der Waals surface area contributed by atoms with Crippen molar-refractivity contribution in [1.29, 1.82) is 0 Å². The molecule has 0 bridgehead atoms. The summed E-state index contributed by atoms with van der Waals surface area (Å²) < 4.78 is 11.0. The Balaban J connectivity index is 1.49. The Labute approximate surface area is 125 Å². The molecule has 2 N–H and O–H groups in total. The zero-order valence-corrected chi connectivity index (χ0v) is 12.3. The van der Waals surface area contributed by atoms with Crippen LogP contribution in [0.3, 0.4) is 0 Å². The van der Waals surface area contributed by atoms with Gasteiger partial charge in [-0.25, -0.2) is 0 Å². The number of benzene rings is 1. The van der Waals surface area contributed by atoms with Crippen molar-refractivity contribution in [3.8, 4) is 5.75 Å². The molecule has 0 heterocycles. The summed E-state index contributed by atoms with van der Waals surface area (Å²) in [5.74, 6) is 1.39. The molecule has 1 aliphatic rings. The molecule has 0 amide bonds. The number of hydrogen-bond donors (Lipinski definition) is 2. The van der Waals surface area contributed by atoms with Crippen molar-refractivity contribution in [2.75, 3.05) is 32.9 Å². The van der Waals surface area contributed by atoms with Gasteiger partial charge in [0.1, 0.15) is 18.5 Å². The number of aliphatic hydroxyl groups is 1. The molecule has 1 fully saturated rings. The van der Waals surface area contributed by atoms with Gasteiger partial charge in [0, 0.05) is 19.7 Å². The molecule has 20 heavy (non-hydrogen) atoms. The van der Waals surface area contributed by atoms with Crippen LogP contribution in [0.4, 0.5) is 0 Å². The molecule has 0 radical (unpaired) electrons. The molecule has 1 saturated carbocycles. The number of ether oxygens (including phenoxy) is 2. The van der Waals surface area contributed by atoms with Crippen LogP contribution in [0.5, 0.6) is 5.75 Å². The van der Waals surface area contributed by atoms with Gasteiger partial charge in [-0.05, 0) is 30.9 Å². The summed E-state index contributed by atoms with van der Waals surface area (Å²) in [6.07, 6.45) is 2.06. The van der Waals surface area contributed by atoms with Crippen molar-refractivity contribution in [2.45, 2.75) is 18.9 Å². The maximum Gasteiger partial charge on any atom is 0.138 e. The van der Waals surface area contributed by atoms with Gasteiger partial charge in [-0.1, -0.05) is 23.7 Å². The molecule has 1 atom stereocenters. The SMILES string of the molecule is OC(CNCCOCC1CC1)COc1ccccc1Cl. The first-order valence-corrected chi connectivity index (χ1v) is 7.47. The molecular formula is C15H22ClNO3. The Kier molecular flexibility index (Phi) is 6.60. The Morgan fingerprint density at radius 3 is 2.90 bits per heavy atom. The summed E-state index contributed by atoms with van der Waals surface area (Å²) in [7, 11) is 0. The first-order valence-electron chi connectivity index (χ1n) is 7.09. The van der Waals surface area contributed by atoms with Crippen molar-refractivity contribution in [1.82, 2.24) is 5.32 Å². The first kappa shape index (κ1) is 15.6. The summed E-state index contributed by atoms with van der Waals surface area (Å²) in [5, 5.41) is 13.5. The highest BCUT2D eigenvalue weighted by atomic mass is 35.5. The molecule has 1 aromatic rings. The largest absolute Gasteiger partial charge is 0.489 e. The lowest BCUT2D eigenvalue weighted by Crippen LogP contribution is -2.33. The summed E-state index contributed by atoms with van der Waals surface area (Å²) in [5.41, 5.74) is 0. The lowest BCUT2D eigenvalue weighted by Gasteiger charge is -2.14. The number of aliphatic hydroxyl groups excluding tert-OH is 1. The fourth-order valence-corrected chi connectivity index (χ4v) is 1.94. The Hall–Kier alpha value is -0.810. The first-order chi connectivity index (χ1) is 9.75. The van der Waals surface area contributed by atoms with Crippen LogP contribution in [0.15, 0.2) is 24.3 Å². The molecule has 1 unspecified atom stereocenters. The van der Waals surface area contributed by atoms with E-state index in [4.69, 9.17) is 21.1 Å². The third-order valence-corrected chi connectivity index (χ3v) is 3.43. The number of halogens is 1. The average molecular weight is 300 g/mol. The van der Waals surface area contributed by atoms with Gasteiger partial charge in [-0.15, -0.1) is 0 Å². The van der Waals surface area contributed by atoms with Gasteiger partial charge in [0.05, 0.1) is 11.6 Å². The molecule has 112 valence electrons. The van der Waals surface area contributed by atoms with Gasteiger partial charge < -0.3 is 19.9 Å². The minimum atomic E-state index is -0.560. The quantitative estimate of drug-likeness (QED) is 0.650. The molecule has 0 spiro atoms. The normalized spacial score (nSPS) is 16.1. The number of para-hydroxylation sites is 1. The van der Waals surface area contributed by atoms with E-state index in [0.29, 0.717) is 23.9 Å². The van der Waals surface area contributed by atoms with Crippen LogP contribution in [0.1, 0.15) is 12.8 Å². The minimum Gasteiger partial charge on any atom is -0.489 e. The molecule has 1 aliphatic carbocycles. The van der Waals surface area contributed by atoms with Gasteiger partial charge in [0.15, 0.2) is 0 Å². The van der Waals surface area contributed by atoms with E-state index >= 15 is 0 Å². The van der Waals surface area contributed by atoms with Gasteiger partial charge in [0.25, 0.3) is 0 Å². The standard InChI is InChI=1S/C15H22ClNO3/c16-14-3-1-2-4-15(14)20-11-13(18)9-17-7-8-19-10-12-5-6-12/h1-4,12-13,17-18H,5-11H2. The zero-order chi connectivity index (χ0) is 14.2. The summed E-state index contributed by atoms with van der Waals surface area (Å²) in [6.45, 7) is 3.02. The summed E-state index contributed by atoms with van der Waals surface area (Å²) in [4.78, 5) is 0. The second kappa shape index (κ2) is 8.47. The van der Waals surface area contributed by atoms with Crippen LogP contribution >= 0.6 is 11.6 Å². The number of rotatable bonds is 10. The van der Waals surface area contributed by atoms with Crippen LogP contribution < -0.4 is 10.1 Å². The average Bonchev–Trinajstić information content (AvgIpc) is 3.26. The van der Waals surface area contributed by atoms with Crippen LogP contribution in [0.25, 0.3) is 0 Å². The maximum absolute atomic E-state index is 9.78. The molecule has 1 aromatic carbocycles. The van der Waals surface area contributed by atoms with Crippen molar-refractivity contribution in [3.63, 3.8) is 0 Å². The number of nitrogens with one attached hydrogen (secondary N) is 1. The lowest BCUT2D eigenvalue weighted by atomic mass is 10.3. The van der Waals surface area contributed by atoms with Crippen molar-refractivity contribution >= 4 is 11.6 Å². The monoisotopic (exact) mass is 299 g/mol. The van der Waals surface area contributed by atoms with E-state index < -0.39 is 6.10 Å². The van der Waals surface area contributed by atoms with Crippen molar-refractivity contribution < 1.29 is 14.6 Å². The second-order valence-corrected chi connectivity index (χ2v) is 5.52. The Bertz CT molecular complexity index is 398. The molecule has 4 nitrogen and oxygen atoms in total. The predicted molar refractivity (Wildman–Crippen MR) is 79.4 cm³/mol. The van der Waals surface area contributed by atoms with Gasteiger partial charge in [-0.2, -0.15) is 0 Å². The van der Waals surface area contributed by atoms with E-state index in [2.05, 4.69) is 5.32 Å². The fourth-order valence-electron chi connectivity index (χ4n) is 1.75. The van der Waals surface area contributed by atoms with E-state index in [-0.39, 0.29) is 6.61 Å².